The highest BCUT2D eigenvalue weighted by atomic mass is 32.2. The summed E-state index contributed by atoms with van der Waals surface area (Å²) in [5.41, 5.74) is -2.52. The lowest BCUT2D eigenvalue weighted by Gasteiger charge is -2.65. The van der Waals surface area contributed by atoms with E-state index in [1.54, 1.807) is 0 Å². The maximum Gasteiger partial charge on any atom is 0.312 e. The van der Waals surface area contributed by atoms with E-state index in [4.69, 9.17) is 14.2 Å². The van der Waals surface area contributed by atoms with Crippen molar-refractivity contribution >= 4 is 53.0 Å². The molecule has 13 rings (SSSR count). The van der Waals surface area contributed by atoms with Gasteiger partial charge in [0.15, 0.2) is 6.61 Å². The molecule has 1 aliphatic heterocycles. The summed E-state index contributed by atoms with van der Waals surface area (Å²) in [4.78, 5) is 67.4. The highest BCUT2D eigenvalue weighted by Crippen LogP contribution is 2.72. The fourth-order valence-corrected chi connectivity index (χ4v) is 18.6. The van der Waals surface area contributed by atoms with E-state index >= 15 is 0 Å². The third-order valence-electron chi connectivity index (χ3n) is 16.3. The van der Waals surface area contributed by atoms with Crippen LogP contribution in [0.25, 0.3) is 0 Å². The first-order valence-electron chi connectivity index (χ1n) is 20.4. The van der Waals surface area contributed by atoms with Crippen LogP contribution in [0.1, 0.15) is 103 Å². The summed E-state index contributed by atoms with van der Waals surface area (Å²) in [7, 11) is 0. The third-order valence-corrected chi connectivity index (χ3v) is 20.8. The summed E-state index contributed by atoms with van der Waals surface area (Å²) in [5.74, 6) is -0.490. The second-order valence-corrected chi connectivity index (χ2v) is 23.0. The zero-order chi connectivity index (χ0) is 36.8. The molecule has 12 aliphatic carbocycles. The van der Waals surface area contributed by atoms with Gasteiger partial charge in [-0.3, -0.25) is 24.0 Å². The minimum Gasteiger partial charge on any atom is -0.464 e. The Morgan fingerprint density at radius 2 is 0.981 bits per heavy atom. The Kier molecular flexibility index (Phi) is 8.03. The number of Topliss-reactive ketones (excluding diaryl/α,β-unsaturated/α-hetero) is 2. The molecule has 1 heterocycles. The van der Waals surface area contributed by atoms with Crippen molar-refractivity contribution in [3.63, 3.8) is 0 Å². The Morgan fingerprint density at radius 1 is 0.604 bits per heavy atom. The molecule has 13 fully saturated rings. The lowest BCUT2D eigenvalue weighted by atomic mass is 9.49. The van der Waals surface area contributed by atoms with E-state index in [1.165, 1.54) is 0 Å². The van der Waals surface area contributed by atoms with Crippen LogP contribution in [-0.4, -0.2) is 70.8 Å². The number of carbonyl (C=O) groups excluding carboxylic acids is 5. The molecule has 6 unspecified atom stereocenters. The first-order valence-corrected chi connectivity index (χ1v) is 22.3. The average molecular weight is 775 g/mol. The van der Waals surface area contributed by atoms with Gasteiger partial charge in [0.2, 0.25) is 0 Å². The van der Waals surface area contributed by atoms with Gasteiger partial charge in [-0.25, -0.2) is 8.78 Å². The van der Waals surface area contributed by atoms with Gasteiger partial charge in [0, 0.05) is 42.1 Å². The van der Waals surface area contributed by atoms with Crippen molar-refractivity contribution in [1.82, 2.24) is 0 Å². The van der Waals surface area contributed by atoms with E-state index in [0.29, 0.717) is 85.8 Å². The molecule has 0 aromatic rings. The van der Waals surface area contributed by atoms with Gasteiger partial charge in [-0.1, -0.05) is 0 Å². The van der Waals surface area contributed by atoms with Gasteiger partial charge >= 0.3 is 17.9 Å². The average Bonchev–Trinajstić information content (AvgIpc) is 3.11. The van der Waals surface area contributed by atoms with Crippen molar-refractivity contribution in [1.29, 1.82) is 0 Å². The predicted molar refractivity (Wildman–Crippen MR) is 192 cm³/mol. The van der Waals surface area contributed by atoms with Gasteiger partial charge in [0.05, 0.1) is 25.7 Å². The Hall–Kier alpha value is -1.69. The highest BCUT2D eigenvalue weighted by Gasteiger charge is 2.68. The van der Waals surface area contributed by atoms with Gasteiger partial charge in [-0.2, -0.15) is 0 Å². The van der Waals surface area contributed by atoms with Crippen LogP contribution in [0, 0.1) is 74.9 Å². The lowest BCUT2D eigenvalue weighted by molar-refractivity contribution is -0.181. The zero-order valence-electron chi connectivity index (χ0n) is 30.7. The second kappa shape index (κ2) is 11.9. The number of rotatable bonds is 9. The van der Waals surface area contributed by atoms with E-state index in [9.17, 15) is 32.8 Å². The Labute approximate surface area is 318 Å². The van der Waals surface area contributed by atoms with Crippen LogP contribution < -0.4 is 0 Å². The zero-order valence-corrected chi connectivity index (χ0v) is 32.3. The Balaban J connectivity index is 0.868. The monoisotopic (exact) mass is 774 g/mol. The van der Waals surface area contributed by atoms with E-state index in [-0.39, 0.29) is 64.7 Å². The first-order chi connectivity index (χ1) is 25.1. The molecule has 53 heavy (non-hydrogen) atoms. The quantitative estimate of drug-likeness (QED) is 0.179. The lowest BCUT2D eigenvalue weighted by Crippen LogP contribution is -2.62. The third kappa shape index (κ3) is 5.56. The minimum absolute atomic E-state index is 0.0347. The fourth-order valence-electron chi connectivity index (χ4n) is 14.6. The number of halogens is 2. The van der Waals surface area contributed by atoms with Crippen LogP contribution in [0.4, 0.5) is 8.78 Å². The summed E-state index contributed by atoms with van der Waals surface area (Å²) in [6.45, 7) is 0.175. The molecule has 1 spiro atoms. The molecule has 12 bridgehead atoms. The number of ketones is 2. The van der Waals surface area contributed by atoms with Gasteiger partial charge < -0.3 is 14.2 Å². The van der Waals surface area contributed by atoms with Crippen molar-refractivity contribution in [2.75, 3.05) is 31.3 Å². The van der Waals surface area contributed by atoms with Crippen LogP contribution >= 0.6 is 23.5 Å². The SMILES string of the molecule is CC(F)(F)COC(=O)C12CC3CC(C1)C1(SCC(COC(=O)C45CC6CC(C4)C(=O)C(C6)C5)(COC(=O)C45CC6CC(C4)C(=O)C(C6)C5)CS1)C(C3)C2. The summed E-state index contributed by atoms with van der Waals surface area (Å²) in [6.07, 6.45) is 11.5. The molecule has 8 nitrogen and oxygen atoms in total. The van der Waals surface area contributed by atoms with Crippen molar-refractivity contribution in [3.05, 3.63) is 0 Å². The van der Waals surface area contributed by atoms with Crippen molar-refractivity contribution in [2.24, 2.45) is 74.9 Å². The molecule has 0 radical (unpaired) electrons. The maximum atomic E-state index is 14.1. The van der Waals surface area contributed by atoms with E-state index < -0.39 is 40.2 Å². The topological polar surface area (TPSA) is 113 Å². The predicted octanol–water partition coefficient (Wildman–Crippen LogP) is 7.05. The molecule has 0 aromatic heterocycles. The molecule has 6 atom stereocenters. The van der Waals surface area contributed by atoms with E-state index in [1.807, 2.05) is 23.5 Å². The van der Waals surface area contributed by atoms with Gasteiger partial charge in [-0.05, 0) is 126 Å². The maximum absolute atomic E-state index is 14.1. The first kappa shape index (κ1) is 35.7. The molecule has 0 N–H and O–H groups in total. The highest BCUT2D eigenvalue weighted by molar-refractivity contribution is 8.18. The number of ether oxygens (including phenoxy) is 3. The van der Waals surface area contributed by atoms with Gasteiger partial charge in [0.25, 0.3) is 5.92 Å². The van der Waals surface area contributed by atoms with Crippen molar-refractivity contribution < 1.29 is 47.0 Å². The standard InChI is InChI=1S/C41H52F2O8S2/c1-36(42,43)17-49-35(48)40-10-24-6-29(15-40)41(30(7-24)16-40)52-20-37(21-53-41,18-50-33(46)38-8-22-2-25(11-38)31(44)26(3-22)12-38)19-51-34(47)39-9-23-4-27(13-39)32(45)28(5-23)14-39/h22-30H,2-21H2,1H3. The summed E-state index contributed by atoms with van der Waals surface area (Å²) in [6, 6.07) is 0. The Bertz CT molecular complexity index is 1510. The minimum atomic E-state index is -3.06. The van der Waals surface area contributed by atoms with Gasteiger partial charge in [-0.15, -0.1) is 23.5 Å². The Morgan fingerprint density at radius 3 is 1.40 bits per heavy atom. The van der Waals surface area contributed by atoms with Crippen LogP contribution in [0.5, 0.6) is 0 Å². The molecular formula is C41H52F2O8S2. The van der Waals surface area contributed by atoms with Gasteiger partial charge in [0.1, 0.15) is 24.8 Å². The second-order valence-electron chi connectivity index (χ2n) is 20.3. The van der Waals surface area contributed by atoms with Crippen LogP contribution in [0.2, 0.25) is 0 Å². The summed E-state index contributed by atoms with van der Waals surface area (Å²) in [5, 5.41) is 0. The van der Waals surface area contributed by atoms with E-state index in [2.05, 4.69) is 0 Å². The van der Waals surface area contributed by atoms with Crippen LogP contribution in [0.15, 0.2) is 0 Å². The molecule has 12 heteroatoms. The molecule has 0 aromatic carbocycles. The number of hydrogen-bond donors (Lipinski definition) is 0. The number of thioether (sulfide) groups is 2. The van der Waals surface area contributed by atoms with Crippen molar-refractivity contribution in [2.45, 2.75) is 113 Å². The molecular weight excluding hydrogens is 723 g/mol. The number of esters is 3. The summed E-state index contributed by atoms with van der Waals surface area (Å²) < 4.78 is 45.2. The normalized spacial score (nSPS) is 49.8. The number of carbonyl (C=O) groups is 5. The molecule has 13 aliphatic rings. The van der Waals surface area contributed by atoms with Crippen molar-refractivity contribution in [3.8, 4) is 0 Å². The van der Waals surface area contributed by atoms with Crippen LogP contribution in [0.3, 0.4) is 0 Å². The van der Waals surface area contributed by atoms with E-state index in [0.717, 1.165) is 58.3 Å². The largest absolute Gasteiger partial charge is 0.464 e. The number of hydrogen-bond acceptors (Lipinski definition) is 10. The molecule has 0 amide bonds. The number of alkyl halides is 2. The smallest absolute Gasteiger partial charge is 0.312 e. The summed E-state index contributed by atoms with van der Waals surface area (Å²) >= 11 is 3.76. The molecule has 1 saturated heterocycles. The molecule has 290 valence electrons. The molecule has 12 saturated carbocycles. The fraction of sp³-hybridized carbons (Fsp3) is 0.878. The van der Waals surface area contributed by atoms with Crippen LogP contribution in [-0.2, 0) is 38.2 Å².